The zero-order chi connectivity index (χ0) is 12.7. The van der Waals surface area contributed by atoms with E-state index >= 15 is 0 Å². The molecule has 0 aromatic carbocycles. The SMILES string of the molecule is CC1CCCNC1c1nc(Br)c2c(N)nccn12. The second kappa shape index (κ2) is 4.51. The third-order valence-electron chi connectivity index (χ3n) is 3.62. The number of imidazole rings is 1. The molecule has 96 valence electrons. The summed E-state index contributed by atoms with van der Waals surface area (Å²) in [7, 11) is 0. The molecule has 1 aliphatic rings. The first-order valence-electron chi connectivity index (χ1n) is 6.20. The molecule has 3 heterocycles. The lowest BCUT2D eigenvalue weighted by atomic mass is 9.92. The van der Waals surface area contributed by atoms with E-state index in [1.165, 1.54) is 12.8 Å². The summed E-state index contributed by atoms with van der Waals surface area (Å²) in [6.45, 7) is 3.30. The van der Waals surface area contributed by atoms with Gasteiger partial charge in [0.05, 0.1) is 6.04 Å². The Labute approximate surface area is 114 Å². The van der Waals surface area contributed by atoms with Crippen molar-refractivity contribution in [3.63, 3.8) is 0 Å². The predicted octanol–water partition coefficient (Wildman–Crippen LogP) is 2.13. The van der Waals surface area contributed by atoms with E-state index in [9.17, 15) is 0 Å². The summed E-state index contributed by atoms with van der Waals surface area (Å²) in [6.07, 6.45) is 6.09. The summed E-state index contributed by atoms with van der Waals surface area (Å²) in [4.78, 5) is 8.73. The van der Waals surface area contributed by atoms with E-state index < -0.39 is 0 Å². The molecule has 0 aliphatic carbocycles. The van der Waals surface area contributed by atoms with E-state index in [4.69, 9.17) is 5.73 Å². The zero-order valence-electron chi connectivity index (χ0n) is 10.2. The van der Waals surface area contributed by atoms with Gasteiger partial charge in [-0.25, -0.2) is 9.97 Å². The van der Waals surface area contributed by atoms with Gasteiger partial charge in [-0.05, 0) is 41.2 Å². The number of halogens is 1. The van der Waals surface area contributed by atoms with E-state index in [1.807, 2.05) is 10.6 Å². The van der Waals surface area contributed by atoms with Crippen molar-refractivity contribution in [1.82, 2.24) is 19.7 Å². The third-order valence-corrected chi connectivity index (χ3v) is 4.17. The van der Waals surface area contributed by atoms with Gasteiger partial charge in [0, 0.05) is 12.4 Å². The normalized spacial score (nSPS) is 24.6. The molecule has 0 radical (unpaired) electrons. The molecule has 0 saturated carbocycles. The number of nitrogens with two attached hydrogens (primary N) is 1. The fourth-order valence-corrected chi connectivity index (χ4v) is 3.23. The molecular formula is C12H16BrN5. The Hall–Kier alpha value is -1.14. The molecular weight excluding hydrogens is 294 g/mol. The Balaban J connectivity index is 2.15. The van der Waals surface area contributed by atoms with Gasteiger partial charge in [-0.1, -0.05) is 6.92 Å². The van der Waals surface area contributed by atoms with Crippen molar-refractivity contribution >= 4 is 27.3 Å². The smallest absolute Gasteiger partial charge is 0.150 e. The van der Waals surface area contributed by atoms with Crippen LogP contribution in [0.25, 0.3) is 5.52 Å². The summed E-state index contributed by atoms with van der Waals surface area (Å²) in [5.41, 5.74) is 6.77. The van der Waals surface area contributed by atoms with Gasteiger partial charge in [-0.3, -0.25) is 4.40 Å². The fraction of sp³-hybridized carbons (Fsp3) is 0.500. The lowest BCUT2D eigenvalue weighted by Gasteiger charge is -2.29. The van der Waals surface area contributed by atoms with Gasteiger partial charge in [0.1, 0.15) is 15.9 Å². The van der Waals surface area contributed by atoms with Crippen LogP contribution in [0.5, 0.6) is 0 Å². The van der Waals surface area contributed by atoms with E-state index in [1.54, 1.807) is 6.20 Å². The van der Waals surface area contributed by atoms with Crippen molar-refractivity contribution in [1.29, 1.82) is 0 Å². The summed E-state index contributed by atoms with van der Waals surface area (Å²) in [5, 5.41) is 3.54. The van der Waals surface area contributed by atoms with Crippen molar-refractivity contribution < 1.29 is 0 Å². The molecule has 0 bridgehead atoms. The molecule has 5 nitrogen and oxygen atoms in total. The molecule has 18 heavy (non-hydrogen) atoms. The molecule has 0 spiro atoms. The number of nitrogen functional groups attached to an aromatic ring is 1. The number of hydrogen-bond acceptors (Lipinski definition) is 4. The number of rotatable bonds is 1. The molecule has 1 aliphatic heterocycles. The van der Waals surface area contributed by atoms with Gasteiger partial charge < -0.3 is 11.1 Å². The van der Waals surface area contributed by atoms with Crippen molar-refractivity contribution in [2.24, 2.45) is 5.92 Å². The first-order valence-corrected chi connectivity index (χ1v) is 6.99. The fourth-order valence-electron chi connectivity index (χ4n) is 2.66. The maximum atomic E-state index is 5.91. The minimum Gasteiger partial charge on any atom is -0.382 e. The number of piperidine rings is 1. The highest BCUT2D eigenvalue weighted by atomic mass is 79.9. The third kappa shape index (κ3) is 1.80. The van der Waals surface area contributed by atoms with Crippen molar-refractivity contribution in [2.45, 2.75) is 25.8 Å². The Morgan fingerprint density at radius 3 is 3.17 bits per heavy atom. The van der Waals surface area contributed by atoms with Crippen LogP contribution in [0.4, 0.5) is 5.82 Å². The van der Waals surface area contributed by atoms with Crippen molar-refractivity contribution in [3.05, 3.63) is 22.8 Å². The summed E-state index contributed by atoms with van der Waals surface area (Å²) in [5.74, 6) is 2.09. The minimum absolute atomic E-state index is 0.277. The number of nitrogens with zero attached hydrogens (tertiary/aromatic N) is 3. The zero-order valence-corrected chi connectivity index (χ0v) is 11.8. The maximum absolute atomic E-state index is 5.91. The van der Waals surface area contributed by atoms with Gasteiger partial charge in [0.15, 0.2) is 5.82 Å². The highest BCUT2D eigenvalue weighted by Crippen LogP contribution is 2.32. The number of nitrogens with one attached hydrogen (secondary N) is 1. The predicted molar refractivity (Wildman–Crippen MR) is 74.2 cm³/mol. The van der Waals surface area contributed by atoms with E-state index in [0.717, 1.165) is 22.5 Å². The van der Waals surface area contributed by atoms with Crippen LogP contribution in [-0.2, 0) is 0 Å². The number of anilines is 1. The topological polar surface area (TPSA) is 68.2 Å². The van der Waals surface area contributed by atoms with E-state index in [-0.39, 0.29) is 6.04 Å². The van der Waals surface area contributed by atoms with E-state index in [0.29, 0.717) is 11.7 Å². The molecule has 3 N–H and O–H groups in total. The second-order valence-corrected chi connectivity index (χ2v) is 5.59. The maximum Gasteiger partial charge on any atom is 0.150 e. The number of fused-ring (bicyclic) bond motifs is 1. The average Bonchev–Trinajstić information content (AvgIpc) is 2.69. The molecule has 1 saturated heterocycles. The quantitative estimate of drug-likeness (QED) is 0.847. The van der Waals surface area contributed by atoms with Crippen LogP contribution >= 0.6 is 15.9 Å². The lowest BCUT2D eigenvalue weighted by Crippen LogP contribution is -2.34. The minimum atomic E-state index is 0.277. The van der Waals surface area contributed by atoms with Crippen LogP contribution in [0.2, 0.25) is 0 Å². The Kier molecular flexibility index (Phi) is 2.99. The highest BCUT2D eigenvalue weighted by Gasteiger charge is 2.27. The molecule has 2 unspecified atom stereocenters. The molecule has 6 heteroatoms. The van der Waals surface area contributed by atoms with Crippen LogP contribution in [-0.4, -0.2) is 20.9 Å². The highest BCUT2D eigenvalue weighted by molar-refractivity contribution is 9.10. The van der Waals surface area contributed by atoms with Gasteiger partial charge >= 0.3 is 0 Å². The standard InChI is InChI=1S/C12H16BrN5/c1-7-3-2-4-15-8(7)12-17-10(13)9-11(14)16-5-6-18(9)12/h5-8,15H,2-4H2,1H3,(H2,14,16). The Morgan fingerprint density at radius 1 is 1.56 bits per heavy atom. The molecule has 3 rings (SSSR count). The van der Waals surface area contributed by atoms with E-state index in [2.05, 4.69) is 38.1 Å². The first-order chi connectivity index (χ1) is 8.68. The summed E-state index contributed by atoms with van der Waals surface area (Å²) >= 11 is 3.48. The molecule has 1 fully saturated rings. The second-order valence-electron chi connectivity index (χ2n) is 4.84. The van der Waals surface area contributed by atoms with Crippen LogP contribution in [0.3, 0.4) is 0 Å². The van der Waals surface area contributed by atoms with Crippen molar-refractivity contribution in [2.75, 3.05) is 12.3 Å². The van der Waals surface area contributed by atoms with Crippen LogP contribution in [0, 0.1) is 5.92 Å². The largest absolute Gasteiger partial charge is 0.382 e. The molecule has 0 amide bonds. The van der Waals surface area contributed by atoms with Gasteiger partial charge in [0.2, 0.25) is 0 Å². The van der Waals surface area contributed by atoms with Gasteiger partial charge in [-0.2, -0.15) is 0 Å². The molecule has 2 aromatic rings. The lowest BCUT2D eigenvalue weighted by molar-refractivity contribution is 0.294. The number of aromatic nitrogens is 3. The first kappa shape index (κ1) is 11.9. The summed E-state index contributed by atoms with van der Waals surface area (Å²) < 4.78 is 2.80. The Bertz CT molecular complexity index is 579. The van der Waals surface area contributed by atoms with Crippen LogP contribution in [0.1, 0.15) is 31.6 Å². The van der Waals surface area contributed by atoms with Crippen LogP contribution < -0.4 is 11.1 Å². The van der Waals surface area contributed by atoms with Crippen LogP contribution in [0.15, 0.2) is 17.0 Å². The van der Waals surface area contributed by atoms with Gasteiger partial charge in [-0.15, -0.1) is 0 Å². The Morgan fingerprint density at radius 2 is 2.39 bits per heavy atom. The average molecular weight is 310 g/mol. The monoisotopic (exact) mass is 309 g/mol. The molecule has 2 atom stereocenters. The van der Waals surface area contributed by atoms with Crippen molar-refractivity contribution in [3.8, 4) is 0 Å². The number of hydrogen-bond donors (Lipinski definition) is 2. The molecule has 2 aromatic heterocycles. The summed E-state index contributed by atoms with van der Waals surface area (Å²) in [6, 6.07) is 0.277. The van der Waals surface area contributed by atoms with Gasteiger partial charge in [0.25, 0.3) is 0 Å².